The van der Waals surface area contributed by atoms with E-state index in [0.29, 0.717) is 11.8 Å². The summed E-state index contributed by atoms with van der Waals surface area (Å²) in [4.78, 5) is 15.1. The van der Waals surface area contributed by atoms with E-state index in [4.69, 9.17) is 4.74 Å². The topological polar surface area (TPSA) is 29.5 Å². The lowest BCUT2D eigenvalue weighted by Gasteiger charge is -2.34. The summed E-state index contributed by atoms with van der Waals surface area (Å²) < 4.78 is 5.89. The normalized spacial score (nSPS) is 16.3. The SMILES string of the molecule is CCCC(C(=O)N1CCC(COc2ccccc2)CC1)c1ccccc1. The van der Waals surface area contributed by atoms with Gasteiger partial charge in [0.25, 0.3) is 0 Å². The van der Waals surface area contributed by atoms with Crippen molar-refractivity contribution < 1.29 is 9.53 Å². The van der Waals surface area contributed by atoms with Crippen LogP contribution in [0.1, 0.15) is 44.1 Å². The number of benzene rings is 2. The maximum atomic E-state index is 13.1. The molecule has 3 heteroatoms. The first-order valence-corrected chi connectivity index (χ1v) is 9.79. The van der Waals surface area contributed by atoms with E-state index in [-0.39, 0.29) is 5.92 Å². The first kappa shape index (κ1) is 18.5. The summed E-state index contributed by atoms with van der Waals surface area (Å²) in [6, 6.07) is 20.2. The van der Waals surface area contributed by atoms with E-state index in [1.807, 2.05) is 48.5 Å². The van der Waals surface area contributed by atoms with Gasteiger partial charge in [0.1, 0.15) is 5.75 Å². The molecule has 0 aliphatic carbocycles. The molecule has 1 fully saturated rings. The summed E-state index contributed by atoms with van der Waals surface area (Å²) in [7, 11) is 0. The van der Waals surface area contributed by atoms with Crippen molar-refractivity contribution in [3.05, 3.63) is 66.2 Å². The van der Waals surface area contributed by atoms with Crippen LogP contribution in [0.2, 0.25) is 0 Å². The van der Waals surface area contributed by atoms with E-state index < -0.39 is 0 Å². The van der Waals surface area contributed by atoms with Gasteiger partial charge in [-0.15, -0.1) is 0 Å². The van der Waals surface area contributed by atoms with Crippen LogP contribution in [-0.4, -0.2) is 30.5 Å². The van der Waals surface area contributed by atoms with Gasteiger partial charge in [0.05, 0.1) is 12.5 Å². The van der Waals surface area contributed by atoms with Crippen LogP contribution in [0.15, 0.2) is 60.7 Å². The van der Waals surface area contributed by atoms with Gasteiger partial charge in [-0.3, -0.25) is 4.79 Å². The van der Waals surface area contributed by atoms with Crippen LogP contribution in [0, 0.1) is 5.92 Å². The lowest BCUT2D eigenvalue weighted by atomic mass is 9.91. The second-order valence-electron chi connectivity index (χ2n) is 7.14. The van der Waals surface area contributed by atoms with Crippen molar-refractivity contribution >= 4 is 5.91 Å². The standard InChI is InChI=1S/C23H29NO2/c1-2-9-22(20-10-5-3-6-11-20)23(25)24-16-14-19(15-17-24)18-26-21-12-7-4-8-13-21/h3-8,10-13,19,22H,2,9,14-18H2,1H3. The number of amides is 1. The van der Waals surface area contributed by atoms with Gasteiger partial charge in [-0.2, -0.15) is 0 Å². The zero-order valence-corrected chi connectivity index (χ0v) is 15.6. The Morgan fingerprint density at radius 2 is 1.65 bits per heavy atom. The van der Waals surface area contributed by atoms with Crippen molar-refractivity contribution in [2.75, 3.05) is 19.7 Å². The molecule has 0 radical (unpaired) electrons. The van der Waals surface area contributed by atoms with Gasteiger partial charge in [0.2, 0.25) is 5.91 Å². The van der Waals surface area contributed by atoms with Crippen molar-refractivity contribution in [3.63, 3.8) is 0 Å². The molecule has 1 heterocycles. The van der Waals surface area contributed by atoms with Crippen molar-refractivity contribution in [3.8, 4) is 5.75 Å². The van der Waals surface area contributed by atoms with Crippen molar-refractivity contribution in [2.24, 2.45) is 5.92 Å². The third-order valence-corrected chi connectivity index (χ3v) is 5.23. The molecule has 1 amide bonds. The highest BCUT2D eigenvalue weighted by molar-refractivity contribution is 5.83. The number of rotatable bonds is 7. The Morgan fingerprint density at radius 1 is 1.04 bits per heavy atom. The number of likely N-dealkylation sites (tertiary alicyclic amines) is 1. The van der Waals surface area contributed by atoms with E-state index >= 15 is 0 Å². The highest BCUT2D eigenvalue weighted by Crippen LogP contribution is 2.27. The molecule has 0 saturated carbocycles. The number of carbonyl (C=O) groups is 1. The fourth-order valence-corrected chi connectivity index (χ4v) is 3.68. The van der Waals surface area contributed by atoms with Crippen LogP contribution in [0.5, 0.6) is 5.75 Å². The van der Waals surface area contributed by atoms with E-state index in [1.165, 1.54) is 0 Å². The Balaban J connectivity index is 1.52. The number of para-hydroxylation sites is 1. The third kappa shape index (κ3) is 4.87. The van der Waals surface area contributed by atoms with Gasteiger partial charge in [-0.25, -0.2) is 0 Å². The molecule has 26 heavy (non-hydrogen) atoms. The average molecular weight is 351 g/mol. The molecule has 0 aromatic heterocycles. The Labute approximate surface area is 157 Å². The van der Waals surface area contributed by atoms with Crippen molar-refractivity contribution in [1.29, 1.82) is 0 Å². The van der Waals surface area contributed by atoms with Crippen LogP contribution in [-0.2, 0) is 4.79 Å². The lowest BCUT2D eigenvalue weighted by molar-refractivity contribution is -0.134. The minimum absolute atomic E-state index is 0.00156. The molecule has 2 aromatic rings. The molecule has 0 N–H and O–H groups in total. The molecule has 3 nitrogen and oxygen atoms in total. The van der Waals surface area contributed by atoms with Crippen LogP contribution in [0.25, 0.3) is 0 Å². The summed E-state index contributed by atoms with van der Waals surface area (Å²) in [6.45, 7) is 4.57. The highest BCUT2D eigenvalue weighted by atomic mass is 16.5. The second-order valence-corrected chi connectivity index (χ2v) is 7.14. The van der Waals surface area contributed by atoms with Gasteiger partial charge in [0.15, 0.2) is 0 Å². The minimum Gasteiger partial charge on any atom is -0.493 e. The van der Waals surface area contributed by atoms with E-state index in [1.54, 1.807) is 0 Å². The summed E-state index contributed by atoms with van der Waals surface area (Å²) in [5, 5.41) is 0. The Bertz CT molecular complexity index is 663. The van der Waals surface area contributed by atoms with Gasteiger partial charge in [0, 0.05) is 13.1 Å². The first-order chi connectivity index (χ1) is 12.8. The second kappa shape index (κ2) is 9.42. The fraction of sp³-hybridized carbons (Fsp3) is 0.435. The van der Waals surface area contributed by atoms with Gasteiger partial charge in [-0.05, 0) is 42.9 Å². The van der Waals surface area contributed by atoms with Crippen LogP contribution in [0.3, 0.4) is 0 Å². The molecule has 3 rings (SSSR count). The molecule has 1 aliphatic heterocycles. The Hall–Kier alpha value is -2.29. The Kier molecular flexibility index (Phi) is 6.70. The number of piperidine rings is 1. The molecule has 1 saturated heterocycles. The lowest BCUT2D eigenvalue weighted by Crippen LogP contribution is -2.42. The first-order valence-electron chi connectivity index (χ1n) is 9.79. The fourth-order valence-electron chi connectivity index (χ4n) is 3.68. The van der Waals surface area contributed by atoms with Crippen LogP contribution >= 0.6 is 0 Å². The van der Waals surface area contributed by atoms with Gasteiger partial charge >= 0.3 is 0 Å². The number of carbonyl (C=O) groups excluding carboxylic acids is 1. The van der Waals surface area contributed by atoms with E-state index in [2.05, 4.69) is 24.0 Å². The molecule has 2 aromatic carbocycles. The predicted octanol–water partition coefficient (Wildman–Crippen LogP) is 4.89. The molecule has 138 valence electrons. The summed E-state index contributed by atoms with van der Waals surface area (Å²) in [6.07, 6.45) is 3.98. The quantitative estimate of drug-likeness (QED) is 0.711. The molecule has 1 atom stereocenters. The largest absolute Gasteiger partial charge is 0.493 e. The maximum Gasteiger partial charge on any atom is 0.230 e. The zero-order chi connectivity index (χ0) is 18.2. The number of nitrogens with zero attached hydrogens (tertiary/aromatic N) is 1. The van der Waals surface area contributed by atoms with Crippen LogP contribution in [0.4, 0.5) is 0 Å². The maximum absolute atomic E-state index is 13.1. The molecule has 0 bridgehead atoms. The average Bonchev–Trinajstić information content (AvgIpc) is 2.72. The van der Waals surface area contributed by atoms with E-state index in [0.717, 1.165) is 56.7 Å². The molecule has 1 unspecified atom stereocenters. The summed E-state index contributed by atoms with van der Waals surface area (Å²) >= 11 is 0. The minimum atomic E-state index is -0.00156. The van der Waals surface area contributed by atoms with Gasteiger partial charge < -0.3 is 9.64 Å². The zero-order valence-electron chi connectivity index (χ0n) is 15.6. The third-order valence-electron chi connectivity index (χ3n) is 5.23. The number of hydrogen-bond donors (Lipinski definition) is 0. The molecule has 1 aliphatic rings. The number of ether oxygens (including phenoxy) is 1. The predicted molar refractivity (Wildman–Crippen MR) is 105 cm³/mol. The monoisotopic (exact) mass is 351 g/mol. The molecule has 0 spiro atoms. The smallest absolute Gasteiger partial charge is 0.230 e. The number of hydrogen-bond acceptors (Lipinski definition) is 2. The van der Waals surface area contributed by atoms with Crippen LogP contribution < -0.4 is 4.74 Å². The molecular weight excluding hydrogens is 322 g/mol. The van der Waals surface area contributed by atoms with Crippen molar-refractivity contribution in [2.45, 2.75) is 38.5 Å². The highest BCUT2D eigenvalue weighted by Gasteiger charge is 2.28. The summed E-state index contributed by atoms with van der Waals surface area (Å²) in [5.41, 5.74) is 1.15. The van der Waals surface area contributed by atoms with E-state index in [9.17, 15) is 4.79 Å². The Morgan fingerprint density at radius 3 is 2.27 bits per heavy atom. The molecular formula is C23H29NO2. The van der Waals surface area contributed by atoms with Gasteiger partial charge in [-0.1, -0.05) is 61.9 Å². The summed E-state index contributed by atoms with van der Waals surface area (Å²) in [5.74, 6) is 1.75. The van der Waals surface area contributed by atoms with Crippen molar-refractivity contribution in [1.82, 2.24) is 4.90 Å².